The van der Waals surface area contributed by atoms with Crippen molar-refractivity contribution in [3.8, 4) is 0 Å². The Morgan fingerprint density at radius 3 is 1.71 bits per heavy atom. The van der Waals surface area contributed by atoms with Crippen molar-refractivity contribution in [2.24, 2.45) is 0 Å². The van der Waals surface area contributed by atoms with Crippen LogP contribution in [-0.4, -0.2) is 14.1 Å². The van der Waals surface area contributed by atoms with Gasteiger partial charge in [-0.2, -0.15) is 0 Å². The lowest BCUT2D eigenvalue weighted by Gasteiger charge is -2.29. The zero-order chi connectivity index (χ0) is 21.6. The molecule has 0 saturated carbocycles. The van der Waals surface area contributed by atoms with E-state index in [1.807, 2.05) is 37.4 Å². The third-order valence-corrected chi connectivity index (χ3v) is 5.73. The van der Waals surface area contributed by atoms with Gasteiger partial charge in [0.15, 0.2) is 0 Å². The van der Waals surface area contributed by atoms with Crippen LogP contribution in [0.25, 0.3) is 0 Å². The number of hydrogen-bond acceptors (Lipinski definition) is 3. The molecule has 0 saturated heterocycles. The van der Waals surface area contributed by atoms with Crippen LogP contribution in [0.3, 0.4) is 0 Å². The van der Waals surface area contributed by atoms with E-state index in [1.165, 1.54) is 5.56 Å². The fraction of sp³-hybridized carbons (Fsp3) is 0.111. The van der Waals surface area contributed by atoms with Crippen molar-refractivity contribution in [3.05, 3.63) is 114 Å². The van der Waals surface area contributed by atoms with Crippen LogP contribution in [0.4, 0.5) is 28.4 Å². The maximum atomic E-state index is 6.48. The first kappa shape index (κ1) is 20.8. The molecule has 0 atom stereocenters. The number of rotatable bonds is 7. The number of halogens is 1. The van der Waals surface area contributed by atoms with Crippen LogP contribution in [0.2, 0.25) is 5.02 Å². The van der Waals surface area contributed by atoms with E-state index in [1.54, 1.807) is 0 Å². The van der Waals surface area contributed by atoms with E-state index in [9.17, 15) is 0 Å². The molecule has 0 aliphatic heterocycles. The van der Waals surface area contributed by atoms with Gasteiger partial charge < -0.3 is 15.1 Å². The Morgan fingerprint density at radius 2 is 1.06 bits per heavy atom. The molecule has 4 aromatic rings. The average molecular weight is 428 g/mol. The van der Waals surface area contributed by atoms with E-state index >= 15 is 0 Å². The van der Waals surface area contributed by atoms with E-state index in [2.05, 4.69) is 95.0 Å². The summed E-state index contributed by atoms with van der Waals surface area (Å²) >= 11 is 6.48. The number of hydrogen-bond donors (Lipinski definition) is 1. The molecular formula is C27H26ClN3. The second-order valence-corrected chi connectivity index (χ2v) is 7.82. The summed E-state index contributed by atoms with van der Waals surface area (Å²) in [7, 11) is 4.15. The van der Waals surface area contributed by atoms with Gasteiger partial charge in [-0.3, -0.25) is 0 Å². The first-order valence-corrected chi connectivity index (χ1v) is 10.7. The highest BCUT2D eigenvalue weighted by atomic mass is 35.5. The van der Waals surface area contributed by atoms with Gasteiger partial charge in [0.1, 0.15) is 0 Å². The molecule has 0 amide bonds. The van der Waals surface area contributed by atoms with Gasteiger partial charge in [-0.05, 0) is 42.0 Å². The largest absolute Gasteiger partial charge is 0.379 e. The van der Waals surface area contributed by atoms with Gasteiger partial charge in [0.2, 0.25) is 0 Å². The highest BCUT2D eigenvalue weighted by molar-refractivity contribution is 6.33. The van der Waals surface area contributed by atoms with Gasteiger partial charge in [-0.25, -0.2) is 0 Å². The molecule has 4 aromatic carbocycles. The maximum absolute atomic E-state index is 6.48. The van der Waals surface area contributed by atoms with Gasteiger partial charge in [0, 0.05) is 20.6 Å². The Bertz CT molecular complexity index is 1140. The quantitative estimate of drug-likeness (QED) is 0.329. The highest BCUT2D eigenvalue weighted by Gasteiger charge is 2.16. The summed E-state index contributed by atoms with van der Waals surface area (Å²) in [6, 6.07) is 35.1. The van der Waals surface area contributed by atoms with Gasteiger partial charge in [-0.15, -0.1) is 0 Å². The number of nitrogens with zero attached hydrogens (tertiary/aromatic N) is 2. The van der Waals surface area contributed by atoms with E-state index < -0.39 is 0 Å². The van der Waals surface area contributed by atoms with Crippen LogP contribution in [0.1, 0.15) is 5.56 Å². The van der Waals surface area contributed by atoms with Crippen LogP contribution in [-0.2, 0) is 6.54 Å². The summed E-state index contributed by atoms with van der Waals surface area (Å²) < 4.78 is 0. The highest BCUT2D eigenvalue weighted by Crippen LogP contribution is 2.40. The lowest BCUT2D eigenvalue weighted by molar-refractivity contribution is 1.12. The van der Waals surface area contributed by atoms with Crippen molar-refractivity contribution >= 4 is 40.0 Å². The molecule has 156 valence electrons. The predicted octanol–water partition coefficient (Wildman–Crippen LogP) is 7.49. The van der Waals surface area contributed by atoms with Crippen LogP contribution in [0, 0.1) is 0 Å². The standard InChI is InChI=1S/C27H26ClN3/c1-30(24-16-8-6-14-22(24)28)26-18-10-11-19-27(26)31(2)25-17-9-7-15-23(25)29-20-21-12-4-3-5-13-21/h3-19,29H,20H2,1-2H3. The summed E-state index contributed by atoms with van der Waals surface area (Å²) in [4.78, 5) is 4.35. The predicted molar refractivity (Wildman–Crippen MR) is 134 cm³/mol. The molecule has 0 radical (unpaired) electrons. The molecule has 3 nitrogen and oxygen atoms in total. The zero-order valence-corrected chi connectivity index (χ0v) is 18.6. The second kappa shape index (κ2) is 9.59. The summed E-state index contributed by atoms with van der Waals surface area (Å²) in [6.07, 6.45) is 0. The topological polar surface area (TPSA) is 18.5 Å². The third kappa shape index (κ3) is 4.68. The molecule has 4 heteroatoms. The Morgan fingerprint density at radius 1 is 0.581 bits per heavy atom. The SMILES string of the molecule is CN(c1ccccc1Cl)c1ccccc1N(C)c1ccccc1NCc1ccccc1. The molecule has 4 rings (SSSR count). The smallest absolute Gasteiger partial charge is 0.0649 e. The Labute approximate surface area is 189 Å². The normalized spacial score (nSPS) is 10.5. The first-order valence-electron chi connectivity index (χ1n) is 10.3. The summed E-state index contributed by atoms with van der Waals surface area (Å²) in [6.45, 7) is 0.771. The molecule has 1 N–H and O–H groups in total. The lowest BCUT2D eigenvalue weighted by Crippen LogP contribution is -2.18. The van der Waals surface area contributed by atoms with Crippen molar-refractivity contribution in [2.75, 3.05) is 29.2 Å². The summed E-state index contributed by atoms with van der Waals surface area (Å²) in [5.41, 5.74) is 6.59. The molecule has 0 unspecified atom stereocenters. The molecule has 31 heavy (non-hydrogen) atoms. The molecule has 0 fully saturated rings. The summed E-state index contributed by atoms with van der Waals surface area (Å²) in [5.74, 6) is 0. The zero-order valence-electron chi connectivity index (χ0n) is 17.8. The van der Waals surface area contributed by atoms with Crippen molar-refractivity contribution in [2.45, 2.75) is 6.54 Å². The van der Waals surface area contributed by atoms with E-state index in [4.69, 9.17) is 11.6 Å². The van der Waals surface area contributed by atoms with Crippen LogP contribution in [0.15, 0.2) is 103 Å². The third-order valence-electron chi connectivity index (χ3n) is 5.41. The first-order chi connectivity index (χ1) is 15.1. The van der Waals surface area contributed by atoms with Gasteiger partial charge in [0.25, 0.3) is 0 Å². The van der Waals surface area contributed by atoms with Crippen molar-refractivity contribution < 1.29 is 0 Å². The van der Waals surface area contributed by atoms with E-state index in [0.29, 0.717) is 0 Å². The number of benzene rings is 4. The molecule has 0 bridgehead atoms. The fourth-order valence-electron chi connectivity index (χ4n) is 3.72. The molecule has 0 aromatic heterocycles. The minimum absolute atomic E-state index is 0.729. The van der Waals surface area contributed by atoms with Crippen LogP contribution in [0.5, 0.6) is 0 Å². The van der Waals surface area contributed by atoms with Crippen LogP contribution >= 0.6 is 11.6 Å². The fourth-order valence-corrected chi connectivity index (χ4v) is 3.99. The van der Waals surface area contributed by atoms with Crippen molar-refractivity contribution in [3.63, 3.8) is 0 Å². The van der Waals surface area contributed by atoms with Gasteiger partial charge in [0.05, 0.1) is 33.5 Å². The molecular weight excluding hydrogens is 402 g/mol. The van der Waals surface area contributed by atoms with Gasteiger partial charge >= 0.3 is 0 Å². The van der Waals surface area contributed by atoms with Crippen molar-refractivity contribution in [1.82, 2.24) is 0 Å². The molecule has 0 heterocycles. The number of para-hydroxylation sites is 5. The monoisotopic (exact) mass is 427 g/mol. The minimum Gasteiger partial charge on any atom is -0.379 e. The Kier molecular flexibility index (Phi) is 6.44. The minimum atomic E-state index is 0.729. The second-order valence-electron chi connectivity index (χ2n) is 7.41. The average Bonchev–Trinajstić information content (AvgIpc) is 2.83. The molecule has 0 aliphatic rings. The van der Waals surface area contributed by atoms with Crippen molar-refractivity contribution in [1.29, 1.82) is 0 Å². The number of nitrogens with one attached hydrogen (secondary N) is 1. The van der Waals surface area contributed by atoms with Crippen LogP contribution < -0.4 is 15.1 Å². The Hall–Kier alpha value is -3.43. The van der Waals surface area contributed by atoms with E-state index in [0.717, 1.165) is 40.0 Å². The number of anilines is 5. The Balaban J connectivity index is 1.65. The maximum Gasteiger partial charge on any atom is 0.0649 e. The lowest BCUT2D eigenvalue weighted by atomic mass is 10.1. The molecule has 0 aliphatic carbocycles. The summed E-state index contributed by atoms with van der Waals surface area (Å²) in [5, 5.41) is 4.32. The van der Waals surface area contributed by atoms with Gasteiger partial charge in [-0.1, -0.05) is 78.3 Å². The van der Waals surface area contributed by atoms with E-state index in [-0.39, 0.29) is 0 Å². The molecule has 0 spiro atoms.